The Kier molecular flexibility index (Phi) is 2.93. The Morgan fingerprint density at radius 2 is 2.21 bits per heavy atom. The molecular weight excluding hydrogens is 266 g/mol. The number of nitrogens with one attached hydrogen (secondary N) is 1. The quantitative estimate of drug-likeness (QED) is 0.866. The fourth-order valence-corrected chi connectivity index (χ4v) is 3.42. The summed E-state index contributed by atoms with van der Waals surface area (Å²) in [6.07, 6.45) is 3.25. The number of piperidine rings is 1. The molecule has 6 nitrogen and oxygen atoms in total. The second-order valence-electron chi connectivity index (χ2n) is 5.24. The van der Waals surface area contributed by atoms with Crippen molar-refractivity contribution in [3.05, 3.63) is 11.7 Å². The molecule has 0 aromatic carbocycles. The molecule has 1 aromatic rings. The largest absolute Gasteiger partial charge is 0.465 e. The monoisotopic (exact) mass is 281 g/mol. The molecule has 0 radical (unpaired) electrons. The van der Waals surface area contributed by atoms with Gasteiger partial charge in [0.05, 0.1) is 11.7 Å². The van der Waals surface area contributed by atoms with E-state index in [1.807, 2.05) is 0 Å². The number of hydrogen-bond donors (Lipinski definition) is 2. The van der Waals surface area contributed by atoms with Gasteiger partial charge >= 0.3 is 6.09 Å². The molecule has 1 spiro atoms. The molecular formula is C12H15N3O3S. The summed E-state index contributed by atoms with van der Waals surface area (Å²) in [5.41, 5.74) is 1.73. The third-order valence-electron chi connectivity index (χ3n) is 4.21. The molecule has 2 amide bonds. The fraction of sp³-hybridized carbons (Fsp3) is 0.583. The van der Waals surface area contributed by atoms with Gasteiger partial charge in [-0.15, -0.1) is 11.3 Å². The molecule has 1 aliphatic carbocycles. The molecule has 1 atom stereocenters. The molecule has 2 heterocycles. The average molecular weight is 281 g/mol. The third kappa shape index (κ3) is 2.30. The van der Waals surface area contributed by atoms with E-state index in [4.69, 9.17) is 5.11 Å². The molecule has 19 heavy (non-hydrogen) atoms. The van der Waals surface area contributed by atoms with Crippen molar-refractivity contribution >= 4 is 28.3 Å². The topological polar surface area (TPSA) is 82.5 Å². The summed E-state index contributed by atoms with van der Waals surface area (Å²) in [5, 5.41) is 12.6. The highest BCUT2D eigenvalue weighted by atomic mass is 32.1. The standard InChI is InChI=1S/C12H15N3O3S/c16-10(14-9-6-13-7-19-9)8-5-12(8)1-3-15(4-2-12)11(17)18/h6-8H,1-5H2,(H,14,16)(H,17,18)/t8-/m1/s1. The first kappa shape index (κ1) is 12.4. The maximum absolute atomic E-state index is 12.1. The molecule has 2 N–H and O–H groups in total. The van der Waals surface area contributed by atoms with Crippen LogP contribution in [-0.2, 0) is 4.79 Å². The lowest BCUT2D eigenvalue weighted by Gasteiger charge is -2.30. The van der Waals surface area contributed by atoms with Gasteiger partial charge in [-0.3, -0.25) is 9.78 Å². The van der Waals surface area contributed by atoms with E-state index >= 15 is 0 Å². The zero-order valence-corrected chi connectivity index (χ0v) is 11.2. The summed E-state index contributed by atoms with van der Waals surface area (Å²) in [5.74, 6) is 0.0820. The number of thiazole rings is 1. The van der Waals surface area contributed by atoms with E-state index in [1.165, 1.54) is 16.2 Å². The van der Waals surface area contributed by atoms with Crippen molar-refractivity contribution in [3.63, 3.8) is 0 Å². The van der Waals surface area contributed by atoms with Gasteiger partial charge < -0.3 is 15.3 Å². The Hall–Kier alpha value is -1.63. The molecule has 1 aliphatic heterocycles. The van der Waals surface area contributed by atoms with E-state index in [0.717, 1.165) is 24.3 Å². The summed E-state index contributed by atoms with van der Waals surface area (Å²) >= 11 is 1.41. The summed E-state index contributed by atoms with van der Waals surface area (Å²) in [7, 11) is 0. The number of amides is 2. The van der Waals surface area contributed by atoms with Crippen LogP contribution < -0.4 is 5.32 Å². The third-order valence-corrected chi connectivity index (χ3v) is 4.90. The van der Waals surface area contributed by atoms with Crippen LogP contribution in [0.5, 0.6) is 0 Å². The SMILES string of the molecule is O=C(Nc1cncs1)[C@H]1CC12CCN(C(=O)O)CC2. The zero-order chi connectivity index (χ0) is 13.5. The highest BCUT2D eigenvalue weighted by Crippen LogP contribution is 2.59. The Balaban J connectivity index is 1.56. The van der Waals surface area contributed by atoms with Crippen LogP contribution >= 0.6 is 11.3 Å². The zero-order valence-electron chi connectivity index (χ0n) is 10.3. The smallest absolute Gasteiger partial charge is 0.407 e. The van der Waals surface area contributed by atoms with Gasteiger partial charge in [0, 0.05) is 19.0 Å². The van der Waals surface area contributed by atoms with Crippen molar-refractivity contribution in [3.8, 4) is 0 Å². The maximum atomic E-state index is 12.1. The minimum atomic E-state index is -0.860. The Labute approximate surface area is 114 Å². The van der Waals surface area contributed by atoms with Gasteiger partial charge in [-0.2, -0.15) is 0 Å². The van der Waals surface area contributed by atoms with E-state index in [2.05, 4.69) is 10.3 Å². The van der Waals surface area contributed by atoms with Crippen LogP contribution in [0.3, 0.4) is 0 Å². The van der Waals surface area contributed by atoms with Crippen LogP contribution in [0.2, 0.25) is 0 Å². The van der Waals surface area contributed by atoms with Crippen molar-refractivity contribution in [1.29, 1.82) is 0 Å². The van der Waals surface area contributed by atoms with Crippen LogP contribution in [0.1, 0.15) is 19.3 Å². The lowest BCUT2D eigenvalue weighted by Crippen LogP contribution is -2.39. The lowest BCUT2D eigenvalue weighted by molar-refractivity contribution is -0.118. The van der Waals surface area contributed by atoms with Gasteiger partial charge in [-0.25, -0.2) is 4.79 Å². The molecule has 1 aromatic heterocycles. The van der Waals surface area contributed by atoms with E-state index < -0.39 is 6.09 Å². The summed E-state index contributed by atoms with van der Waals surface area (Å²) < 4.78 is 0. The molecule has 1 saturated heterocycles. The number of aromatic nitrogens is 1. The molecule has 3 rings (SSSR count). The van der Waals surface area contributed by atoms with Crippen LogP contribution in [0.4, 0.5) is 9.80 Å². The Morgan fingerprint density at radius 1 is 1.47 bits per heavy atom. The molecule has 1 saturated carbocycles. The van der Waals surface area contributed by atoms with Gasteiger partial charge in [0.25, 0.3) is 0 Å². The lowest BCUT2D eigenvalue weighted by atomic mass is 9.91. The van der Waals surface area contributed by atoms with Crippen molar-refractivity contribution < 1.29 is 14.7 Å². The van der Waals surface area contributed by atoms with Gasteiger partial charge in [0.15, 0.2) is 0 Å². The Bertz CT molecular complexity index is 494. The number of rotatable bonds is 2. The first-order valence-corrected chi connectivity index (χ1v) is 7.16. The van der Waals surface area contributed by atoms with Crippen molar-refractivity contribution in [2.75, 3.05) is 18.4 Å². The minimum absolute atomic E-state index is 0.0329. The van der Waals surface area contributed by atoms with E-state index in [1.54, 1.807) is 11.7 Å². The van der Waals surface area contributed by atoms with Gasteiger partial charge in [-0.05, 0) is 24.7 Å². The summed E-state index contributed by atoms with van der Waals surface area (Å²) in [6.45, 7) is 1.08. The van der Waals surface area contributed by atoms with Crippen molar-refractivity contribution in [2.45, 2.75) is 19.3 Å². The second kappa shape index (κ2) is 4.48. The van der Waals surface area contributed by atoms with E-state index in [9.17, 15) is 9.59 Å². The van der Waals surface area contributed by atoms with Crippen molar-refractivity contribution in [1.82, 2.24) is 9.88 Å². The highest BCUT2D eigenvalue weighted by molar-refractivity contribution is 7.13. The average Bonchev–Trinajstić information content (AvgIpc) is 2.84. The Morgan fingerprint density at radius 3 is 2.79 bits per heavy atom. The highest BCUT2D eigenvalue weighted by Gasteiger charge is 2.58. The summed E-state index contributed by atoms with van der Waals surface area (Å²) in [4.78, 5) is 28.3. The maximum Gasteiger partial charge on any atom is 0.407 e. The molecule has 7 heteroatoms. The van der Waals surface area contributed by atoms with Gasteiger partial charge in [0.1, 0.15) is 5.00 Å². The predicted molar refractivity (Wildman–Crippen MR) is 70.1 cm³/mol. The molecule has 2 fully saturated rings. The van der Waals surface area contributed by atoms with Crippen LogP contribution in [-0.4, -0.2) is 40.1 Å². The number of carbonyl (C=O) groups excluding carboxylic acids is 1. The minimum Gasteiger partial charge on any atom is -0.465 e. The van der Waals surface area contributed by atoms with Gasteiger partial charge in [0.2, 0.25) is 5.91 Å². The van der Waals surface area contributed by atoms with E-state index in [0.29, 0.717) is 13.1 Å². The number of hydrogen-bond acceptors (Lipinski definition) is 4. The number of nitrogens with zero attached hydrogens (tertiary/aromatic N) is 2. The fourth-order valence-electron chi connectivity index (χ4n) is 2.90. The number of anilines is 1. The first-order chi connectivity index (χ1) is 9.11. The predicted octanol–water partition coefficient (Wildman–Crippen LogP) is 1.86. The van der Waals surface area contributed by atoms with Crippen molar-refractivity contribution in [2.24, 2.45) is 11.3 Å². The normalized spacial score (nSPS) is 24.2. The molecule has 0 unspecified atom stereocenters. The van der Waals surface area contributed by atoms with Gasteiger partial charge in [-0.1, -0.05) is 0 Å². The molecule has 2 aliphatic rings. The number of carboxylic acid groups (broad SMARTS) is 1. The number of likely N-dealkylation sites (tertiary alicyclic amines) is 1. The first-order valence-electron chi connectivity index (χ1n) is 6.28. The van der Waals surface area contributed by atoms with Crippen LogP contribution in [0, 0.1) is 11.3 Å². The van der Waals surface area contributed by atoms with Crippen LogP contribution in [0.25, 0.3) is 0 Å². The number of carbonyl (C=O) groups is 2. The van der Waals surface area contributed by atoms with Crippen LogP contribution in [0.15, 0.2) is 11.7 Å². The second-order valence-corrected chi connectivity index (χ2v) is 6.13. The molecule has 0 bridgehead atoms. The molecule has 102 valence electrons. The van der Waals surface area contributed by atoms with E-state index in [-0.39, 0.29) is 17.2 Å². The summed E-state index contributed by atoms with van der Waals surface area (Å²) in [6, 6.07) is 0.